The van der Waals surface area contributed by atoms with Gasteiger partial charge in [0.05, 0.1) is 18.6 Å². The molecule has 1 fully saturated rings. The minimum Gasteiger partial charge on any atom is -0.461 e. The number of sulfone groups is 1. The molecule has 0 N–H and O–H groups in total. The number of tetrazole rings is 1. The van der Waals surface area contributed by atoms with Crippen LogP contribution in [0.2, 0.25) is 0 Å². The average Bonchev–Trinajstić information content (AvgIpc) is 2.78. The van der Waals surface area contributed by atoms with E-state index in [1.807, 2.05) is 0 Å². The topological polar surface area (TPSA) is 90.9 Å². The van der Waals surface area contributed by atoms with E-state index in [2.05, 4.69) is 15.4 Å². The fraction of sp³-hybridized carbons (Fsp3) is 0.545. The molecule has 7 nitrogen and oxygen atoms in total. The van der Waals surface area contributed by atoms with Crippen molar-refractivity contribution in [2.75, 3.05) is 12.0 Å². The van der Waals surface area contributed by atoms with E-state index in [0.717, 1.165) is 12.8 Å². The fourth-order valence-corrected chi connectivity index (χ4v) is 3.69. The van der Waals surface area contributed by atoms with Crippen molar-refractivity contribution in [2.45, 2.75) is 19.4 Å². The van der Waals surface area contributed by atoms with Gasteiger partial charge in [0.15, 0.2) is 5.76 Å². The highest BCUT2D eigenvalue weighted by Gasteiger charge is 2.46. The van der Waals surface area contributed by atoms with Crippen molar-refractivity contribution in [3.8, 4) is 11.6 Å². The molecule has 1 saturated carbocycles. The van der Waals surface area contributed by atoms with Gasteiger partial charge in [-0.1, -0.05) is 0 Å². The van der Waals surface area contributed by atoms with Gasteiger partial charge in [0, 0.05) is 11.7 Å². The highest BCUT2D eigenvalue weighted by Crippen LogP contribution is 2.47. The molecule has 0 spiro atoms. The quantitative estimate of drug-likeness (QED) is 0.804. The Morgan fingerprint density at radius 2 is 2.26 bits per heavy atom. The first kappa shape index (κ1) is 12.3. The zero-order valence-corrected chi connectivity index (χ0v) is 11.3. The third-order valence-corrected chi connectivity index (χ3v) is 4.33. The van der Waals surface area contributed by atoms with E-state index in [1.165, 1.54) is 11.1 Å². The van der Waals surface area contributed by atoms with Crippen molar-refractivity contribution in [1.82, 2.24) is 20.2 Å². The molecule has 3 rings (SSSR count). The molecule has 8 heteroatoms. The molecule has 1 aliphatic carbocycles. The molecule has 2 aromatic heterocycles. The zero-order valence-electron chi connectivity index (χ0n) is 10.5. The van der Waals surface area contributed by atoms with Gasteiger partial charge in [-0.2, -0.15) is 4.80 Å². The molecule has 2 aromatic rings. The maximum absolute atomic E-state index is 11.4. The molecule has 0 saturated heterocycles. The normalized spacial score (nSPS) is 17.5. The Hall–Kier alpha value is -1.70. The van der Waals surface area contributed by atoms with Gasteiger partial charge in [0.1, 0.15) is 9.84 Å². The van der Waals surface area contributed by atoms with Gasteiger partial charge in [-0.25, -0.2) is 8.42 Å². The second-order valence-electron chi connectivity index (χ2n) is 5.19. The van der Waals surface area contributed by atoms with E-state index in [0.29, 0.717) is 18.1 Å². The summed E-state index contributed by atoms with van der Waals surface area (Å²) in [5.41, 5.74) is -0.214. The van der Waals surface area contributed by atoms with Crippen LogP contribution < -0.4 is 0 Å². The van der Waals surface area contributed by atoms with Gasteiger partial charge in [0.2, 0.25) is 5.82 Å². The minimum atomic E-state index is -2.98. The van der Waals surface area contributed by atoms with Crippen LogP contribution in [0.25, 0.3) is 11.6 Å². The molecule has 2 heterocycles. The Balaban J connectivity index is 1.75. The van der Waals surface area contributed by atoms with Gasteiger partial charge >= 0.3 is 0 Å². The molecular formula is C11H14N4O3S. The molecule has 0 radical (unpaired) electrons. The molecule has 0 aromatic carbocycles. The summed E-state index contributed by atoms with van der Waals surface area (Å²) in [5.74, 6) is 1.15. The Labute approximate surface area is 110 Å². The highest BCUT2D eigenvalue weighted by molar-refractivity contribution is 7.90. The Morgan fingerprint density at radius 3 is 2.84 bits per heavy atom. The average molecular weight is 282 g/mol. The monoisotopic (exact) mass is 282 g/mol. The Morgan fingerprint density at radius 1 is 1.47 bits per heavy atom. The summed E-state index contributed by atoms with van der Waals surface area (Å²) < 4.78 is 28.0. The first-order valence-corrected chi connectivity index (χ1v) is 8.01. The number of furan rings is 1. The second kappa shape index (κ2) is 4.16. The van der Waals surface area contributed by atoms with Crippen LogP contribution in [0.1, 0.15) is 12.8 Å². The fourth-order valence-electron chi connectivity index (χ4n) is 2.20. The number of nitrogens with zero attached hydrogens (tertiary/aromatic N) is 4. The van der Waals surface area contributed by atoms with Crippen LogP contribution in [0.4, 0.5) is 0 Å². The predicted octanol–water partition coefficient (Wildman–Crippen LogP) is 0.758. The molecule has 19 heavy (non-hydrogen) atoms. The van der Waals surface area contributed by atoms with E-state index in [1.54, 1.807) is 18.4 Å². The number of aromatic nitrogens is 4. The maximum atomic E-state index is 11.4. The highest BCUT2D eigenvalue weighted by atomic mass is 32.2. The lowest BCUT2D eigenvalue weighted by Crippen LogP contribution is -2.22. The molecule has 102 valence electrons. The summed E-state index contributed by atoms with van der Waals surface area (Å²) in [6.07, 6.45) is 4.58. The molecule has 0 aliphatic heterocycles. The minimum absolute atomic E-state index is 0.178. The lowest BCUT2D eigenvalue weighted by atomic mass is 10.1. The van der Waals surface area contributed by atoms with Crippen LogP contribution in [0.5, 0.6) is 0 Å². The summed E-state index contributed by atoms with van der Waals surface area (Å²) in [7, 11) is -2.98. The van der Waals surface area contributed by atoms with E-state index >= 15 is 0 Å². The lowest BCUT2D eigenvalue weighted by molar-refractivity contribution is 0.389. The van der Waals surface area contributed by atoms with Gasteiger partial charge in [-0.05, 0) is 30.2 Å². The first-order valence-electron chi connectivity index (χ1n) is 5.95. The van der Waals surface area contributed by atoms with E-state index < -0.39 is 9.84 Å². The van der Waals surface area contributed by atoms with Crippen molar-refractivity contribution >= 4 is 9.84 Å². The second-order valence-corrected chi connectivity index (χ2v) is 7.33. The summed E-state index contributed by atoms with van der Waals surface area (Å²) in [6.45, 7) is 0.480. The van der Waals surface area contributed by atoms with Crippen LogP contribution in [-0.4, -0.2) is 40.6 Å². The number of hydrogen-bond donors (Lipinski definition) is 0. The lowest BCUT2D eigenvalue weighted by Gasteiger charge is -2.11. The Bertz CT molecular complexity index is 671. The molecule has 0 bridgehead atoms. The van der Waals surface area contributed by atoms with Crippen molar-refractivity contribution in [3.05, 3.63) is 18.4 Å². The molecule has 1 aliphatic rings. The van der Waals surface area contributed by atoms with Crippen LogP contribution in [0, 0.1) is 5.41 Å². The van der Waals surface area contributed by atoms with Crippen LogP contribution >= 0.6 is 0 Å². The smallest absolute Gasteiger partial charge is 0.240 e. The van der Waals surface area contributed by atoms with Crippen molar-refractivity contribution in [2.24, 2.45) is 5.41 Å². The molecule has 0 amide bonds. The summed E-state index contributed by atoms with van der Waals surface area (Å²) in [6, 6.07) is 3.51. The van der Waals surface area contributed by atoms with Gasteiger partial charge in [-0.3, -0.25) is 0 Å². The Kier molecular flexibility index (Phi) is 2.70. The standard InChI is InChI=1S/C11H14N4O3S/c1-19(16,17)8-11(4-5-11)7-15-13-10(12-14-15)9-3-2-6-18-9/h2-3,6H,4-5,7-8H2,1H3. The molecule has 0 atom stereocenters. The molecular weight excluding hydrogens is 268 g/mol. The maximum Gasteiger partial charge on any atom is 0.240 e. The van der Waals surface area contributed by atoms with Gasteiger partial charge < -0.3 is 4.42 Å². The summed E-state index contributed by atoms with van der Waals surface area (Å²) >= 11 is 0. The van der Waals surface area contributed by atoms with Crippen LogP contribution in [0.3, 0.4) is 0 Å². The number of rotatable bonds is 5. The third kappa shape index (κ3) is 2.83. The van der Waals surface area contributed by atoms with Crippen molar-refractivity contribution in [3.63, 3.8) is 0 Å². The van der Waals surface area contributed by atoms with E-state index in [9.17, 15) is 8.42 Å². The van der Waals surface area contributed by atoms with Crippen molar-refractivity contribution < 1.29 is 12.8 Å². The third-order valence-electron chi connectivity index (χ3n) is 3.20. The molecule has 0 unspecified atom stereocenters. The SMILES string of the molecule is CS(=O)(=O)CC1(Cn2nnc(-c3ccco3)n2)CC1. The zero-order chi connectivity index (χ0) is 13.5. The predicted molar refractivity (Wildman–Crippen MR) is 66.9 cm³/mol. The van der Waals surface area contributed by atoms with Crippen molar-refractivity contribution in [1.29, 1.82) is 0 Å². The summed E-state index contributed by atoms with van der Waals surface area (Å²) in [4.78, 5) is 1.45. The van der Waals surface area contributed by atoms with Crippen LogP contribution in [0.15, 0.2) is 22.8 Å². The van der Waals surface area contributed by atoms with E-state index in [-0.39, 0.29) is 11.2 Å². The van der Waals surface area contributed by atoms with Gasteiger partial charge in [-0.15, -0.1) is 10.2 Å². The van der Waals surface area contributed by atoms with E-state index in [4.69, 9.17) is 4.42 Å². The summed E-state index contributed by atoms with van der Waals surface area (Å²) in [5, 5.41) is 12.1. The van der Waals surface area contributed by atoms with Crippen LogP contribution in [-0.2, 0) is 16.4 Å². The first-order chi connectivity index (χ1) is 8.96. The van der Waals surface area contributed by atoms with Gasteiger partial charge in [0.25, 0.3) is 0 Å². The largest absolute Gasteiger partial charge is 0.461 e. The number of hydrogen-bond acceptors (Lipinski definition) is 6.